The van der Waals surface area contributed by atoms with Gasteiger partial charge in [0.2, 0.25) is 10.0 Å². The van der Waals surface area contributed by atoms with Crippen LogP contribution < -0.4 is 4.72 Å². The molecule has 3 N–H and O–H groups in total. The molecule has 9 heteroatoms. The monoisotopic (exact) mass is 371 g/mol. The summed E-state index contributed by atoms with van der Waals surface area (Å²) in [6, 6.07) is 1.09. The number of nitrogens with one attached hydrogen (secondary N) is 1. The minimum Gasteiger partial charge on any atom is -0.477 e. The van der Waals surface area contributed by atoms with Gasteiger partial charge in [-0.1, -0.05) is 6.92 Å². The standard InChI is InChI=1S/C10H14BrNO5S2/c1-3-10(2,5-13)12-19(16,17)7-4-6(9(14)15)18-8(7)11/h4,12-13H,3,5H2,1-2H3,(H,14,15). The van der Waals surface area contributed by atoms with E-state index >= 15 is 0 Å². The molecule has 1 rings (SSSR count). The van der Waals surface area contributed by atoms with Crippen LogP contribution in [-0.4, -0.2) is 36.7 Å². The predicted octanol–water partition coefficient (Wildman–Crippen LogP) is 1.65. The maximum atomic E-state index is 12.2. The Hall–Kier alpha value is -0.480. The first-order valence-corrected chi connectivity index (χ1v) is 8.42. The van der Waals surface area contributed by atoms with E-state index in [0.717, 1.165) is 17.4 Å². The largest absolute Gasteiger partial charge is 0.477 e. The van der Waals surface area contributed by atoms with Gasteiger partial charge in [-0.15, -0.1) is 11.3 Å². The number of thiophene rings is 1. The molecule has 108 valence electrons. The number of aliphatic hydroxyl groups excluding tert-OH is 1. The highest BCUT2D eigenvalue weighted by atomic mass is 79.9. The molecule has 0 aliphatic rings. The molecule has 6 nitrogen and oxygen atoms in total. The summed E-state index contributed by atoms with van der Waals surface area (Å²) in [6.45, 7) is 2.96. The van der Waals surface area contributed by atoms with E-state index in [1.807, 2.05) is 0 Å². The minimum absolute atomic E-state index is 0.0746. The Morgan fingerprint density at radius 3 is 2.53 bits per heavy atom. The van der Waals surface area contributed by atoms with Crippen molar-refractivity contribution in [2.45, 2.75) is 30.7 Å². The van der Waals surface area contributed by atoms with Crippen molar-refractivity contribution in [2.24, 2.45) is 0 Å². The molecule has 0 radical (unpaired) electrons. The van der Waals surface area contributed by atoms with Gasteiger partial charge in [-0.2, -0.15) is 0 Å². The second-order valence-corrected chi connectivity index (χ2v) is 8.25. The molecule has 19 heavy (non-hydrogen) atoms. The fourth-order valence-electron chi connectivity index (χ4n) is 1.24. The van der Waals surface area contributed by atoms with Crippen molar-refractivity contribution in [2.75, 3.05) is 6.61 Å². The van der Waals surface area contributed by atoms with Crippen molar-refractivity contribution in [3.63, 3.8) is 0 Å². The Morgan fingerprint density at radius 2 is 2.16 bits per heavy atom. The third-order valence-electron chi connectivity index (χ3n) is 2.67. The fraction of sp³-hybridized carbons (Fsp3) is 0.500. The molecule has 0 aromatic carbocycles. The average molecular weight is 372 g/mol. The molecule has 1 atom stereocenters. The van der Waals surface area contributed by atoms with Gasteiger partial charge in [0.05, 0.1) is 15.9 Å². The molecule has 0 amide bonds. The van der Waals surface area contributed by atoms with Gasteiger partial charge in [-0.25, -0.2) is 17.9 Å². The SMILES string of the molecule is CCC(C)(CO)NS(=O)(=O)c1cc(C(=O)O)sc1Br. The molecule has 0 saturated heterocycles. The quantitative estimate of drug-likeness (QED) is 0.705. The van der Waals surface area contributed by atoms with E-state index in [4.69, 9.17) is 5.11 Å². The van der Waals surface area contributed by atoms with E-state index in [1.165, 1.54) is 0 Å². The van der Waals surface area contributed by atoms with Crippen molar-refractivity contribution < 1.29 is 23.4 Å². The maximum Gasteiger partial charge on any atom is 0.345 e. The number of halogens is 1. The van der Waals surface area contributed by atoms with Gasteiger partial charge in [-0.3, -0.25) is 0 Å². The summed E-state index contributed by atoms with van der Waals surface area (Å²) in [7, 11) is -3.90. The van der Waals surface area contributed by atoms with Crippen molar-refractivity contribution >= 4 is 43.3 Å². The number of hydrogen-bond donors (Lipinski definition) is 3. The maximum absolute atomic E-state index is 12.2. The van der Waals surface area contributed by atoms with Crippen LogP contribution in [-0.2, 0) is 10.0 Å². The number of carbonyl (C=O) groups is 1. The van der Waals surface area contributed by atoms with Crippen LogP contribution >= 0.6 is 27.3 Å². The summed E-state index contributed by atoms with van der Waals surface area (Å²) in [5.74, 6) is -1.19. The molecule has 0 fully saturated rings. The van der Waals surface area contributed by atoms with Crippen LogP contribution in [0.4, 0.5) is 0 Å². The predicted molar refractivity (Wildman–Crippen MR) is 75.1 cm³/mol. The zero-order chi connectivity index (χ0) is 14.8. The third-order valence-corrected chi connectivity index (χ3v) is 6.54. The van der Waals surface area contributed by atoms with Gasteiger partial charge in [0.1, 0.15) is 9.77 Å². The van der Waals surface area contributed by atoms with Crippen LogP contribution in [0.2, 0.25) is 0 Å². The molecule has 1 unspecified atom stereocenters. The number of aromatic carboxylic acids is 1. The molecule has 1 heterocycles. The molecule has 0 aliphatic heterocycles. The molecular weight excluding hydrogens is 358 g/mol. The third kappa shape index (κ3) is 3.76. The number of carboxylic acid groups (broad SMARTS) is 1. The Balaban J connectivity index is 3.18. The lowest BCUT2D eigenvalue weighted by molar-refractivity contribution is 0.0702. The van der Waals surface area contributed by atoms with Gasteiger partial charge in [0.15, 0.2) is 0 Å². The van der Waals surface area contributed by atoms with Crippen LogP contribution in [0.25, 0.3) is 0 Å². The number of hydrogen-bond acceptors (Lipinski definition) is 5. The van der Waals surface area contributed by atoms with Crippen molar-refractivity contribution in [1.82, 2.24) is 4.72 Å². The fourth-order valence-corrected chi connectivity index (χ4v) is 5.11. The number of rotatable bonds is 6. The highest BCUT2D eigenvalue weighted by Crippen LogP contribution is 2.32. The summed E-state index contributed by atoms with van der Waals surface area (Å²) in [4.78, 5) is 10.6. The first-order valence-electron chi connectivity index (χ1n) is 5.32. The summed E-state index contributed by atoms with van der Waals surface area (Å²) in [5, 5.41) is 18.1. The molecule has 1 aromatic heterocycles. The first-order chi connectivity index (χ1) is 8.65. The van der Waals surface area contributed by atoms with Gasteiger partial charge >= 0.3 is 5.97 Å². The van der Waals surface area contributed by atoms with Gasteiger partial charge in [0, 0.05) is 0 Å². The molecular formula is C10H14BrNO5S2. The van der Waals surface area contributed by atoms with Crippen LogP contribution in [0, 0.1) is 0 Å². The van der Waals surface area contributed by atoms with Crippen LogP contribution in [0.1, 0.15) is 29.9 Å². The highest BCUT2D eigenvalue weighted by Gasteiger charge is 2.31. The Bertz CT molecular complexity index is 577. The van der Waals surface area contributed by atoms with Gasteiger partial charge < -0.3 is 10.2 Å². The number of sulfonamides is 1. The van der Waals surface area contributed by atoms with Crippen molar-refractivity contribution in [3.05, 3.63) is 14.7 Å². The Kier molecular flexibility index (Phi) is 5.13. The minimum atomic E-state index is -3.90. The van der Waals surface area contributed by atoms with Gasteiger partial charge in [0.25, 0.3) is 0 Å². The molecule has 0 bridgehead atoms. The van der Waals surface area contributed by atoms with E-state index in [2.05, 4.69) is 20.7 Å². The second-order valence-electron chi connectivity index (χ2n) is 4.23. The zero-order valence-electron chi connectivity index (χ0n) is 10.3. The lowest BCUT2D eigenvalue weighted by Crippen LogP contribution is -2.48. The molecule has 1 aromatic rings. The number of carboxylic acids is 1. The van der Waals surface area contributed by atoms with Crippen molar-refractivity contribution in [3.8, 4) is 0 Å². The van der Waals surface area contributed by atoms with E-state index in [-0.39, 0.29) is 20.2 Å². The highest BCUT2D eigenvalue weighted by molar-refractivity contribution is 9.11. The summed E-state index contributed by atoms with van der Waals surface area (Å²) < 4.78 is 27.0. The Labute approximate surface area is 123 Å². The molecule has 0 aliphatic carbocycles. The summed E-state index contributed by atoms with van der Waals surface area (Å²) in [6.07, 6.45) is 0.399. The normalized spacial score (nSPS) is 15.2. The molecule has 0 saturated carbocycles. The second kappa shape index (κ2) is 5.88. The van der Waals surface area contributed by atoms with E-state index < -0.39 is 21.5 Å². The van der Waals surface area contributed by atoms with E-state index in [1.54, 1.807) is 13.8 Å². The summed E-state index contributed by atoms with van der Waals surface area (Å²) in [5.41, 5.74) is -0.983. The lowest BCUT2D eigenvalue weighted by Gasteiger charge is -2.26. The van der Waals surface area contributed by atoms with E-state index in [9.17, 15) is 18.3 Å². The zero-order valence-corrected chi connectivity index (χ0v) is 13.5. The topological polar surface area (TPSA) is 104 Å². The van der Waals surface area contributed by atoms with Crippen LogP contribution in [0.5, 0.6) is 0 Å². The molecule has 0 spiro atoms. The lowest BCUT2D eigenvalue weighted by atomic mass is 10.0. The van der Waals surface area contributed by atoms with Crippen LogP contribution in [0.3, 0.4) is 0 Å². The Morgan fingerprint density at radius 1 is 1.58 bits per heavy atom. The summed E-state index contributed by atoms with van der Waals surface area (Å²) >= 11 is 3.87. The van der Waals surface area contributed by atoms with E-state index in [0.29, 0.717) is 6.42 Å². The van der Waals surface area contributed by atoms with Crippen molar-refractivity contribution in [1.29, 1.82) is 0 Å². The van der Waals surface area contributed by atoms with Crippen LogP contribution in [0.15, 0.2) is 14.7 Å². The first kappa shape index (κ1) is 16.6. The number of aliphatic hydroxyl groups is 1. The average Bonchev–Trinajstić information content (AvgIpc) is 2.71. The van der Waals surface area contributed by atoms with Gasteiger partial charge in [-0.05, 0) is 35.3 Å². The smallest absolute Gasteiger partial charge is 0.345 e.